The number of thiophene rings is 1. The minimum absolute atomic E-state index is 0.719. The fraction of sp³-hybridized carbons (Fsp3) is 0.692. The van der Waals surface area contributed by atoms with Crippen molar-refractivity contribution in [3.8, 4) is 0 Å². The first-order valence-corrected chi connectivity index (χ1v) is 7.02. The Labute approximate surface area is 96.9 Å². The summed E-state index contributed by atoms with van der Waals surface area (Å²) in [5.74, 6) is 1.03. The van der Waals surface area contributed by atoms with Crippen molar-refractivity contribution >= 4 is 11.3 Å². The first-order chi connectivity index (χ1) is 7.38. The van der Waals surface area contributed by atoms with Crippen LogP contribution in [0.4, 0.5) is 0 Å². The molecule has 84 valence electrons. The van der Waals surface area contributed by atoms with Gasteiger partial charge in [-0.2, -0.15) is 0 Å². The van der Waals surface area contributed by atoms with Gasteiger partial charge < -0.3 is 5.32 Å². The van der Waals surface area contributed by atoms with Gasteiger partial charge in [-0.05, 0) is 43.2 Å². The SMILES string of the molecule is CCCNC(Cc1cccs1)CC1CC1. The maximum atomic E-state index is 3.69. The quantitative estimate of drug-likeness (QED) is 0.746. The van der Waals surface area contributed by atoms with Crippen molar-refractivity contribution in [3.63, 3.8) is 0 Å². The second-order valence-corrected chi connectivity index (χ2v) is 5.65. The Morgan fingerprint density at radius 2 is 2.40 bits per heavy atom. The van der Waals surface area contributed by atoms with Crippen LogP contribution in [-0.4, -0.2) is 12.6 Å². The molecule has 0 aliphatic heterocycles. The molecule has 0 radical (unpaired) electrons. The van der Waals surface area contributed by atoms with Gasteiger partial charge in [0.05, 0.1) is 0 Å². The third kappa shape index (κ3) is 3.96. The number of hydrogen-bond donors (Lipinski definition) is 1. The van der Waals surface area contributed by atoms with Crippen LogP contribution in [0.15, 0.2) is 17.5 Å². The average Bonchev–Trinajstić information content (AvgIpc) is 2.90. The molecule has 1 fully saturated rings. The summed E-state index contributed by atoms with van der Waals surface area (Å²) in [6.07, 6.45) is 6.79. The molecule has 0 aromatic carbocycles. The fourth-order valence-corrected chi connectivity index (χ4v) is 2.80. The maximum Gasteiger partial charge on any atom is 0.0118 e. The van der Waals surface area contributed by atoms with E-state index in [1.165, 1.54) is 43.5 Å². The van der Waals surface area contributed by atoms with E-state index in [0.29, 0.717) is 0 Å². The van der Waals surface area contributed by atoms with Crippen LogP contribution in [0.5, 0.6) is 0 Å². The van der Waals surface area contributed by atoms with Gasteiger partial charge in [-0.1, -0.05) is 25.8 Å². The molecule has 0 saturated heterocycles. The van der Waals surface area contributed by atoms with Gasteiger partial charge in [0.15, 0.2) is 0 Å². The molecule has 1 aromatic heterocycles. The highest BCUT2D eigenvalue weighted by Gasteiger charge is 2.25. The van der Waals surface area contributed by atoms with E-state index in [9.17, 15) is 0 Å². The molecule has 15 heavy (non-hydrogen) atoms. The highest BCUT2D eigenvalue weighted by molar-refractivity contribution is 7.09. The molecule has 1 nitrogen and oxygen atoms in total. The van der Waals surface area contributed by atoms with Crippen LogP contribution >= 0.6 is 11.3 Å². The molecule has 2 heteroatoms. The van der Waals surface area contributed by atoms with E-state index in [1.807, 2.05) is 11.3 Å². The Balaban J connectivity index is 1.80. The first kappa shape index (κ1) is 11.2. The molecule has 1 N–H and O–H groups in total. The van der Waals surface area contributed by atoms with E-state index < -0.39 is 0 Å². The second kappa shape index (κ2) is 5.66. The average molecular weight is 223 g/mol. The lowest BCUT2D eigenvalue weighted by atomic mass is 10.1. The Bertz CT molecular complexity index is 264. The molecule has 2 rings (SSSR count). The summed E-state index contributed by atoms with van der Waals surface area (Å²) in [7, 11) is 0. The molecule has 0 spiro atoms. The van der Waals surface area contributed by atoms with Crippen molar-refractivity contribution < 1.29 is 0 Å². The molecular weight excluding hydrogens is 202 g/mol. The van der Waals surface area contributed by atoms with Crippen LogP contribution < -0.4 is 5.32 Å². The van der Waals surface area contributed by atoms with Gasteiger partial charge in [-0.25, -0.2) is 0 Å². The Hall–Kier alpha value is -0.340. The van der Waals surface area contributed by atoms with E-state index in [2.05, 4.69) is 29.8 Å². The van der Waals surface area contributed by atoms with Gasteiger partial charge in [-0.15, -0.1) is 11.3 Å². The molecule has 1 atom stereocenters. The minimum Gasteiger partial charge on any atom is -0.314 e. The van der Waals surface area contributed by atoms with Crippen LogP contribution in [0.3, 0.4) is 0 Å². The highest BCUT2D eigenvalue weighted by Crippen LogP contribution is 2.34. The first-order valence-electron chi connectivity index (χ1n) is 6.14. The predicted molar refractivity (Wildman–Crippen MR) is 67.4 cm³/mol. The van der Waals surface area contributed by atoms with E-state index >= 15 is 0 Å². The Kier molecular flexibility index (Phi) is 4.21. The van der Waals surface area contributed by atoms with Crippen LogP contribution in [-0.2, 0) is 6.42 Å². The standard InChI is InChI=1S/C13H21NS/c1-2-7-14-12(9-11-5-6-11)10-13-4-3-8-15-13/h3-4,8,11-12,14H,2,5-7,9-10H2,1H3. The van der Waals surface area contributed by atoms with Crippen LogP contribution in [0.25, 0.3) is 0 Å². The largest absolute Gasteiger partial charge is 0.314 e. The van der Waals surface area contributed by atoms with Crippen LogP contribution in [0, 0.1) is 5.92 Å². The van der Waals surface area contributed by atoms with Crippen molar-refractivity contribution in [2.75, 3.05) is 6.54 Å². The van der Waals surface area contributed by atoms with Crippen molar-refractivity contribution in [2.24, 2.45) is 5.92 Å². The molecular formula is C13H21NS. The zero-order valence-electron chi connectivity index (χ0n) is 9.54. The molecule has 1 saturated carbocycles. The number of rotatable bonds is 7. The normalized spacial score (nSPS) is 17.9. The van der Waals surface area contributed by atoms with E-state index in [4.69, 9.17) is 0 Å². The summed E-state index contributed by atoms with van der Waals surface area (Å²) in [4.78, 5) is 1.53. The molecule has 0 bridgehead atoms. The lowest BCUT2D eigenvalue weighted by Crippen LogP contribution is -2.32. The smallest absolute Gasteiger partial charge is 0.0118 e. The van der Waals surface area contributed by atoms with E-state index in [-0.39, 0.29) is 0 Å². The Morgan fingerprint density at radius 3 is 3.00 bits per heavy atom. The molecule has 1 aliphatic rings. The molecule has 1 aromatic rings. The lowest BCUT2D eigenvalue weighted by molar-refractivity contribution is 0.457. The maximum absolute atomic E-state index is 3.69. The van der Waals surface area contributed by atoms with Gasteiger partial charge in [0.1, 0.15) is 0 Å². The van der Waals surface area contributed by atoms with Crippen LogP contribution in [0.1, 0.15) is 37.5 Å². The van der Waals surface area contributed by atoms with Gasteiger partial charge in [-0.3, -0.25) is 0 Å². The Morgan fingerprint density at radius 1 is 1.53 bits per heavy atom. The topological polar surface area (TPSA) is 12.0 Å². The minimum atomic E-state index is 0.719. The predicted octanol–water partition coefficient (Wildman–Crippen LogP) is 3.46. The lowest BCUT2D eigenvalue weighted by Gasteiger charge is -2.17. The summed E-state index contributed by atoms with van der Waals surface area (Å²) >= 11 is 1.89. The van der Waals surface area contributed by atoms with E-state index in [1.54, 1.807) is 0 Å². The molecule has 1 unspecified atom stereocenters. The zero-order valence-corrected chi connectivity index (χ0v) is 10.4. The van der Waals surface area contributed by atoms with Crippen molar-refractivity contribution in [1.29, 1.82) is 0 Å². The summed E-state index contributed by atoms with van der Waals surface area (Å²) < 4.78 is 0. The summed E-state index contributed by atoms with van der Waals surface area (Å²) in [5.41, 5.74) is 0. The second-order valence-electron chi connectivity index (χ2n) is 4.61. The molecule has 1 heterocycles. The van der Waals surface area contributed by atoms with Crippen molar-refractivity contribution in [2.45, 2.75) is 45.1 Å². The van der Waals surface area contributed by atoms with E-state index in [0.717, 1.165) is 12.0 Å². The molecule has 1 aliphatic carbocycles. The third-order valence-corrected chi connectivity index (χ3v) is 3.92. The summed E-state index contributed by atoms with van der Waals surface area (Å²) in [6, 6.07) is 5.14. The van der Waals surface area contributed by atoms with Crippen molar-refractivity contribution in [3.05, 3.63) is 22.4 Å². The van der Waals surface area contributed by atoms with Crippen molar-refractivity contribution in [1.82, 2.24) is 5.32 Å². The summed E-state index contributed by atoms with van der Waals surface area (Å²) in [6.45, 7) is 3.41. The van der Waals surface area contributed by atoms with Gasteiger partial charge in [0, 0.05) is 10.9 Å². The fourth-order valence-electron chi connectivity index (χ4n) is 2.01. The monoisotopic (exact) mass is 223 g/mol. The zero-order chi connectivity index (χ0) is 10.5. The molecule has 0 amide bonds. The van der Waals surface area contributed by atoms with Gasteiger partial charge in [0.25, 0.3) is 0 Å². The highest BCUT2D eigenvalue weighted by atomic mass is 32.1. The van der Waals surface area contributed by atoms with Gasteiger partial charge >= 0.3 is 0 Å². The number of nitrogens with one attached hydrogen (secondary N) is 1. The summed E-state index contributed by atoms with van der Waals surface area (Å²) in [5, 5.41) is 5.87. The third-order valence-electron chi connectivity index (χ3n) is 3.03. The van der Waals surface area contributed by atoms with Crippen LogP contribution in [0.2, 0.25) is 0 Å². The van der Waals surface area contributed by atoms with Gasteiger partial charge in [0.2, 0.25) is 0 Å². The number of hydrogen-bond acceptors (Lipinski definition) is 2.